The lowest BCUT2D eigenvalue weighted by Crippen LogP contribution is -2.50. The summed E-state index contributed by atoms with van der Waals surface area (Å²) in [7, 11) is 1.54. The summed E-state index contributed by atoms with van der Waals surface area (Å²) in [6.45, 7) is 3.36. The van der Waals surface area contributed by atoms with Gasteiger partial charge in [-0.2, -0.15) is 0 Å². The Morgan fingerprint density at radius 3 is 2.55 bits per heavy atom. The Balaban J connectivity index is 1.86. The summed E-state index contributed by atoms with van der Waals surface area (Å²) >= 11 is 0. The predicted molar refractivity (Wildman–Crippen MR) is 106 cm³/mol. The van der Waals surface area contributed by atoms with Gasteiger partial charge in [-0.1, -0.05) is 13.8 Å². The predicted octanol–water partition coefficient (Wildman–Crippen LogP) is 2.99. The number of nitrogens with one attached hydrogen (secondary N) is 1. The van der Waals surface area contributed by atoms with Gasteiger partial charge in [0.1, 0.15) is 18.0 Å². The molecule has 0 spiro atoms. The normalized spacial score (nSPS) is 15.5. The average Bonchev–Trinajstić information content (AvgIpc) is 2.69. The number of rotatable bonds is 6. The molecule has 152 valence electrons. The van der Waals surface area contributed by atoms with Crippen molar-refractivity contribution < 1.29 is 24.0 Å². The van der Waals surface area contributed by atoms with Crippen molar-refractivity contribution in [2.75, 3.05) is 23.9 Å². The van der Waals surface area contributed by atoms with E-state index in [0.29, 0.717) is 17.2 Å². The molecule has 0 saturated carbocycles. The van der Waals surface area contributed by atoms with Crippen molar-refractivity contribution in [2.45, 2.75) is 20.0 Å². The summed E-state index contributed by atoms with van der Waals surface area (Å²) in [6.07, 6.45) is -0.780. The molecule has 0 fully saturated rings. The zero-order valence-electron chi connectivity index (χ0n) is 16.2. The van der Waals surface area contributed by atoms with Gasteiger partial charge in [0.2, 0.25) is 5.91 Å². The van der Waals surface area contributed by atoms with Crippen LogP contribution in [0, 0.1) is 16.0 Å². The van der Waals surface area contributed by atoms with Crippen LogP contribution in [0.5, 0.6) is 11.5 Å². The minimum atomic E-state index is -0.780. The van der Waals surface area contributed by atoms with E-state index < -0.39 is 22.8 Å². The third-order valence-electron chi connectivity index (χ3n) is 4.49. The second-order valence-electron chi connectivity index (χ2n) is 6.89. The highest BCUT2D eigenvalue weighted by atomic mass is 16.6. The lowest BCUT2D eigenvalue weighted by molar-refractivity contribution is -0.384. The quantitative estimate of drug-likeness (QED) is 0.590. The van der Waals surface area contributed by atoms with Crippen LogP contribution in [-0.2, 0) is 9.59 Å². The molecule has 2 aromatic rings. The number of nitro groups is 1. The van der Waals surface area contributed by atoms with E-state index in [4.69, 9.17) is 9.47 Å². The number of nitro benzene ring substituents is 1. The van der Waals surface area contributed by atoms with Gasteiger partial charge in [-0.15, -0.1) is 0 Å². The number of hydrogen-bond acceptors (Lipinski definition) is 6. The van der Waals surface area contributed by atoms with Crippen LogP contribution < -0.4 is 19.7 Å². The number of nitrogens with zero attached hydrogens (tertiary/aromatic N) is 2. The molecule has 1 aliphatic rings. The van der Waals surface area contributed by atoms with Gasteiger partial charge in [0.05, 0.1) is 17.7 Å². The first-order chi connectivity index (χ1) is 13.8. The van der Waals surface area contributed by atoms with E-state index >= 15 is 0 Å². The van der Waals surface area contributed by atoms with Crippen LogP contribution in [-0.4, -0.2) is 36.5 Å². The number of anilines is 2. The Labute approximate surface area is 167 Å². The van der Waals surface area contributed by atoms with E-state index in [0.717, 1.165) is 0 Å². The second-order valence-corrected chi connectivity index (χ2v) is 6.89. The Bertz CT molecular complexity index is 942. The monoisotopic (exact) mass is 399 g/mol. The lowest BCUT2D eigenvalue weighted by Gasteiger charge is -2.35. The van der Waals surface area contributed by atoms with Gasteiger partial charge in [0.15, 0.2) is 6.10 Å². The van der Waals surface area contributed by atoms with Gasteiger partial charge in [0, 0.05) is 17.8 Å². The Hall–Kier alpha value is -3.62. The molecule has 0 radical (unpaired) electrons. The van der Waals surface area contributed by atoms with Gasteiger partial charge in [0.25, 0.3) is 11.6 Å². The van der Waals surface area contributed by atoms with Crippen molar-refractivity contribution >= 4 is 28.9 Å². The molecule has 3 rings (SSSR count). The van der Waals surface area contributed by atoms with E-state index in [-0.39, 0.29) is 23.8 Å². The number of amides is 2. The molecule has 2 amide bonds. The molecule has 1 aliphatic heterocycles. The third-order valence-corrected chi connectivity index (χ3v) is 4.49. The molecule has 1 atom stereocenters. The van der Waals surface area contributed by atoms with Crippen molar-refractivity contribution in [1.82, 2.24) is 0 Å². The Morgan fingerprint density at radius 1 is 1.28 bits per heavy atom. The fraction of sp³-hybridized carbons (Fsp3) is 0.300. The second kappa shape index (κ2) is 8.17. The summed E-state index contributed by atoms with van der Waals surface area (Å²) in [5.41, 5.74) is 0.547. The number of non-ortho nitro benzene ring substituents is 1. The SMILES string of the molecule is COc1ccc(NC(=O)CN2C(=O)C(C(C)C)Oc3ccc([N+](=O)[O-])cc32)cc1. The molecule has 1 unspecified atom stereocenters. The van der Waals surface area contributed by atoms with Gasteiger partial charge in [-0.05, 0) is 36.2 Å². The molecule has 2 aromatic carbocycles. The van der Waals surface area contributed by atoms with Crippen LogP contribution in [0.25, 0.3) is 0 Å². The molecule has 0 aromatic heterocycles. The van der Waals surface area contributed by atoms with E-state index in [1.807, 2.05) is 13.8 Å². The number of carbonyl (C=O) groups excluding carboxylic acids is 2. The molecule has 9 heteroatoms. The van der Waals surface area contributed by atoms with Crippen molar-refractivity contribution in [3.63, 3.8) is 0 Å². The smallest absolute Gasteiger partial charge is 0.271 e. The number of carbonyl (C=O) groups is 2. The fourth-order valence-electron chi connectivity index (χ4n) is 2.99. The Kier molecular flexibility index (Phi) is 5.67. The maximum absolute atomic E-state index is 12.9. The first-order valence-electron chi connectivity index (χ1n) is 9.00. The van der Waals surface area contributed by atoms with Crippen LogP contribution in [0.15, 0.2) is 42.5 Å². The Morgan fingerprint density at radius 2 is 1.97 bits per heavy atom. The van der Waals surface area contributed by atoms with Gasteiger partial charge >= 0.3 is 0 Å². The summed E-state index contributed by atoms with van der Waals surface area (Å²) in [6, 6.07) is 10.7. The highest BCUT2D eigenvalue weighted by Crippen LogP contribution is 2.38. The molecule has 0 saturated heterocycles. The lowest BCUT2D eigenvalue weighted by atomic mass is 10.0. The van der Waals surface area contributed by atoms with Crippen LogP contribution in [0.4, 0.5) is 17.1 Å². The van der Waals surface area contributed by atoms with Crippen LogP contribution in [0.1, 0.15) is 13.8 Å². The summed E-state index contributed by atoms with van der Waals surface area (Å²) < 4.78 is 10.8. The minimum absolute atomic E-state index is 0.141. The topological polar surface area (TPSA) is 111 Å². The van der Waals surface area contributed by atoms with Gasteiger partial charge in [-0.25, -0.2) is 0 Å². The largest absolute Gasteiger partial charge is 0.497 e. The highest BCUT2D eigenvalue weighted by Gasteiger charge is 2.38. The van der Waals surface area contributed by atoms with Crippen molar-refractivity contribution in [1.29, 1.82) is 0 Å². The zero-order valence-corrected chi connectivity index (χ0v) is 16.2. The van der Waals surface area contributed by atoms with Gasteiger partial charge < -0.3 is 14.8 Å². The molecule has 1 heterocycles. The third kappa shape index (κ3) is 4.29. The van der Waals surface area contributed by atoms with Crippen molar-refractivity contribution in [2.24, 2.45) is 5.92 Å². The molecular weight excluding hydrogens is 378 g/mol. The molecule has 1 N–H and O–H groups in total. The average molecular weight is 399 g/mol. The summed E-state index contributed by atoms with van der Waals surface area (Å²) in [5.74, 6) is -0.0280. The van der Waals surface area contributed by atoms with Crippen molar-refractivity contribution in [3.05, 3.63) is 52.6 Å². The van der Waals surface area contributed by atoms with Crippen LogP contribution in [0.2, 0.25) is 0 Å². The number of ether oxygens (including phenoxy) is 2. The van der Waals surface area contributed by atoms with E-state index in [1.165, 1.54) is 23.1 Å². The highest BCUT2D eigenvalue weighted by molar-refractivity contribution is 6.06. The van der Waals surface area contributed by atoms with E-state index in [2.05, 4.69) is 5.32 Å². The molecular formula is C20H21N3O6. The standard InChI is InChI=1S/C20H21N3O6/c1-12(2)19-20(25)22(16-10-14(23(26)27)6-9-17(16)29-19)11-18(24)21-13-4-7-15(28-3)8-5-13/h4-10,12,19H,11H2,1-3H3,(H,21,24). The first kappa shape index (κ1) is 20.1. The summed E-state index contributed by atoms with van der Waals surface area (Å²) in [4.78, 5) is 37.3. The van der Waals surface area contributed by atoms with Crippen molar-refractivity contribution in [3.8, 4) is 11.5 Å². The number of hydrogen-bond donors (Lipinski definition) is 1. The number of benzene rings is 2. The van der Waals surface area contributed by atoms with E-state index in [1.54, 1.807) is 31.4 Å². The number of fused-ring (bicyclic) bond motifs is 1. The number of methoxy groups -OCH3 is 1. The molecule has 0 aliphatic carbocycles. The first-order valence-corrected chi connectivity index (χ1v) is 9.00. The maximum Gasteiger partial charge on any atom is 0.271 e. The molecule has 9 nitrogen and oxygen atoms in total. The summed E-state index contributed by atoms with van der Waals surface area (Å²) in [5, 5.41) is 13.8. The van der Waals surface area contributed by atoms with Crippen LogP contribution >= 0.6 is 0 Å². The maximum atomic E-state index is 12.9. The molecule has 0 bridgehead atoms. The van der Waals surface area contributed by atoms with Gasteiger partial charge in [-0.3, -0.25) is 24.6 Å². The fourth-order valence-corrected chi connectivity index (χ4v) is 2.99. The molecule has 29 heavy (non-hydrogen) atoms. The minimum Gasteiger partial charge on any atom is -0.497 e. The van der Waals surface area contributed by atoms with Crippen LogP contribution in [0.3, 0.4) is 0 Å². The van der Waals surface area contributed by atoms with E-state index in [9.17, 15) is 19.7 Å². The zero-order chi connectivity index (χ0) is 21.1.